The second-order valence-electron chi connectivity index (χ2n) is 6.36. The molecule has 1 aliphatic heterocycles. The van der Waals surface area contributed by atoms with Crippen molar-refractivity contribution in [1.29, 1.82) is 0 Å². The van der Waals surface area contributed by atoms with E-state index in [1.807, 2.05) is 35.2 Å². The molecule has 0 spiro atoms. The SMILES string of the molecule is O=C(CCc1ncc(-c2ccccc2Cl)o1)N1CCC[C@H]1c1ccn[nH]1. The molecule has 1 saturated heterocycles. The second-order valence-corrected chi connectivity index (χ2v) is 6.76. The van der Waals surface area contributed by atoms with Gasteiger partial charge in [-0.3, -0.25) is 9.89 Å². The summed E-state index contributed by atoms with van der Waals surface area (Å²) in [4.78, 5) is 18.9. The molecule has 6 nitrogen and oxygen atoms in total. The monoisotopic (exact) mass is 370 g/mol. The van der Waals surface area contributed by atoms with Crippen LogP contribution in [0.3, 0.4) is 0 Å². The Balaban J connectivity index is 1.40. The van der Waals surface area contributed by atoms with E-state index in [1.54, 1.807) is 12.4 Å². The number of aromatic nitrogens is 3. The van der Waals surface area contributed by atoms with E-state index in [0.717, 1.165) is 30.6 Å². The summed E-state index contributed by atoms with van der Waals surface area (Å²) in [5, 5.41) is 7.59. The first-order valence-electron chi connectivity index (χ1n) is 8.71. The lowest BCUT2D eigenvalue weighted by Gasteiger charge is -2.23. The van der Waals surface area contributed by atoms with Gasteiger partial charge in [-0.1, -0.05) is 23.7 Å². The fraction of sp³-hybridized carbons (Fsp3) is 0.316. The van der Waals surface area contributed by atoms with Gasteiger partial charge >= 0.3 is 0 Å². The number of carbonyl (C=O) groups is 1. The van der Waals surface area contributed by atoms with Gasteiger partial charge in [0.15, 0.2) is 11.7 Å². The van der Waals surface area contributed by atoms with Crippen LogP contribution in [0.25, 0.3) is 11.3 Å². The van der Waals surface area contributed by atoms with Gasteiger partial charge < -0.3 is 9.32 Å². The molecule has 1 aromatic carbocycles. The number of hydrogen-bond donors (Lipinski definition) is 1. The van der Waals surface area contributed by atoms with Crippen molar-refractivity contribution in [2.75, 3.05) is 6.54 Å². The first-order valence-corrected chi connectivity index (χ1v) is 9.08. The molecular formula is C19H19ClN4O2. The lowest BCUT2D eigenvalue weighted by atomic mass is 10.1. The zero-order valence-electron chi connectivity index (χ0n) is 14.2. The third-order valence-electron chi connectivity index (χ3n) is 4.70. The van der Waals surface area contributed by atoms with Crippen molar-refractivity contribution in [2.24, 2.45) is 0 Å². The van der Waals surface area contributed by atoms with Crippen LogP contribution in [0.15, 0.2) is 47.1 Å². The van der Waals surface area contributed by atoms with E-state index in [4.69, 9.17) is 16.0 Å². The molecule has 1 aliphatic rings. The van der Waals surface area contributed by atoms with Crippen LogP contribution in [-0.4, -0.2) is 32.5 Å². The average molecular weight is 371 g/mol. The van der Waals surface area contributed by atoms with Crippen LogP contribution in [0.1, 0.15) is 36.9 Å². The Morgan fingerprint density at radius 2 is 2.23 bits per heavy atom. The van der Waals surface area contributed by atoms with Gasteiger partial charge in [0.25, 0.3) is 0 Å². The highest BCUT2D eigenvalue weighted by atomic mass is 35.5. The molecule has 1 N–H and O–H groups in total. The summed E-state index contributed by atoms with van der Waals surface area (Å²) in [6.07, 6.45) is 6.18. The number of carbonyl (C=O) groups excluding carboxylic acids is 1. The Kier molecular flexibility index (Phi) is 4.75. The Morgan fingerprint density at radius 1 is 1.35 bits per heavy atom. The molecular weight excluding hydrogens is 352 g/mol. The molecule has 1 fully saturated rings. The lowest BCUT2D eigenvalue weighted by molar-refractivity contribution is -0.132. The first-order chi connectivity index (χ1) is 12.7. The van der Waals surface area contributed by atoms with Crippen molar-refractivity contribution >= 4 is 17.5 Å². The van der Waals surface area contributed by atoms with Crippen LogP contribution in [0.2, 0.25) is 5.02 Å². The number of halogens is 1. The predicted octanol–water partition coefficient (Wildman–Crippen LogP) is 4.01. The molecule has 134 valence electrons. The van der Waals surface area contributed by atoms with Crippen LogP contribution in [0.5, 0.6) is 0 Å². The van der Waals surface area contributed by atoms with Crippen molar-refractivity contribution in [3.8, 4) is 11.3 Å². The number of nitrogens with zero attached hydrogens (tertiary/aromatic N) is 3. The lowest BCUT2D eigenvalue weighted by Crippen LogP contribution is -2.30. The van der Waals surface area contributed by atoms with E-state index in [9.17, 15) is 4.79 Å². The summed E-state index contributed by atoms with van der Waals surface area (Å²) in [7, 11) is 0. The Labute approximate surface area is 156 Å². The highest BCUT2D eigenvalue weighted by Gasteiger charge is 2.30. The zero-order valence-corrected chi connectivity index (χ0v) is 14.9. The summed E-state index contributed by atoms with van der Waals surface area (Å²) in [6.45, 7) is 0.777. The standard InChI is InChI=1S/C19H19ClN4O2/c20-14-5-2-1-4-13(14)17-12-21-18(26-17)7-8-19(25)24-11-3-6-16(24)15-9-10-22-23-15/h1-2,4-5,9-10,12,16H,3,6-8,11H2,(H,22,23)/t16-/m0/s1. The molecule has 26 heavy (non-hydrogen) atoms. The van der Waals surface area contributed by atoms with Gasteiger partial charge in [0.05, 0.1) is 23.0 Å². The average Bonchev–Trinajstić information content (AvgIpc) is 3.40. The number of amides is 1. The van der Waals surface area contributed by atoms with Gasteiger partial charge in [0.1, 0.15) is 0 Å². The van der Waals surface area contributed by atoms with Gasteiger partial charge in [0, 0.05) is 31.1 Å². The molecule has 1 atom stereocenters. The largest absolute Gasteiger partial charge is 0.441 e. The molecule has 0 saturated carbocycles. The van der Waals surface area contributed by atoms with E-state index in [2.05, 4.69) is 15.2 Å². The predicted molar refractivity (Wildman–Crippen MR) is 97.5 cm³/mol. The fourth-order valence-electron chi connectivity index (χ4n) is 3.41. The minimum Gasteiger partial charge on any atom is -0.441 e. The van der Waals surface area contributed by atoms with Gasteiger partial charge in [-0.15, -0.1) is 0 Å². The van der Waals surface area contributed by atoms with Crippen LogP contribution in [0, 0.1) is 0 Å². The maximum atomic E-state index is 12.7. The Bertz CT molecular complexity index is 891. The number of nitrogens with one attached hydrogen (secondary N) is 1. The fourth-order valence-corrected chi connectivity index (χ4v) is 3.64. The molecule has 3 aromatic rings. The molecule has 4 rings (SSSR count). The Hall–Kier alpha value is -2.60. The van der Waals surface area contributed by atoms with Gasteiger partial charge in [-0.05, 0) is 31.0 Å². The van der Waals surface area contributed by atoms with Crippen molar-refractivity contribution in [2.45, 2.75) is 31.7 Å². The van der Waals surface area contributed by atoms with E-state index in [-0.39, 0.29) is 11.9 Å². The number of benzene rings is 1. The van der Waals surface area contributed by atoms with Crippen LogP contribution >= 0.6 is 11.6 Å². The number of hydrogen-bond acceptors (Lipinski definition) is 4. The minimum atomic E-state index is 0.0910. The third kappa shape index (κ3) is 3.37. The maximum absolute atomic E-state index is 12.7. The highest BCUT2D eigenvalue weighted by Crippen LogP contribution is 2.32. The smallest absolute Gasteiger partial charge is 0.223 e. The van der Waals surface area contributed by atoms with Crippen molar-refractivity contribution < 1.29 is 9.21 Å². The number of likely N-dealkylation sites (tertiary alicyclic amines) is 1. The van der Waals surface area contributed by atoms with Gasteiger partial charge in [-0.25, -0.2) is 4.98 Å². The second kappa shape index (κ2) is 7.33. The number of aryl methyl sites for hydroxylation is 1. The summed E-state index contributed by atoms with van der Waals surface area (Å²) < 4.78 is 5.78. The molecule has 2 aromatic heterocycles. The molecule has 1 amide bonds. The van der Waals surface area contributed by atoms with E-state index >= 15 is 0 Å². The highest BCUT2D eigenvalue weighted by molar-refractivity contribution is 6.33. The summed E-state index contributed by atoms with van der Waals surface area (Å²) in [5.41, 5.74) is 1.80. The molecule has 0 aliphatic carbocycles. The van der Waals surface area contributed by atoms with Crippen molar-refractivity contribution in [3.05, 3.63) is 59.3 Å². The molecule has 3 heterocycles. The molecule has 0 unspecified atom stereocenters. The van der Waals surface area contributed by atoms with E-state index in [1.165, 1.54) is 0 Å². The normalized spacial score (nSPS) is 17.0. The minimum absolute atomic E-state index is 0.0910. The third-order valence-corrected chi connectivity index (χ3v) is 5.03. The van der Waals surface area contributed by atoms with Crippen LogP contribution in [-0.2, 0) is 11.2 Å². The van der Waals surface area contributed by atoms with E-state index < -0.39 is 0 Å². The first kappa shape index (κ1) is 16.8. The van der Waals surface area contributed by atoms with Gasteiger partial charge in [-0.2, -0.15) is 5.10 Å². The number of aromatic amines is 1. The zero-order chi connectivity index (χ0) is 17.9. The number of oxazole rings is 1. The van der Waals surface area contributed by atoms with Gasteiger partial charge in [0.2, 0.25) is 5.91 Å². The Morgan fingerprint density at radius 3 is 3.04 bits per heavy atom. The maximum Gasteiger partial charge on any atom is 0.223 e. The summed E-state index contributed by atoms with van der Waals surface area (Å²) in [5.74, 6) is 1.28. The number of rotatable bonds is 5. The topological polar surface area (TPSA) is 75.0 Å². The van der Waals surface area contributed by atoms with E-state index in [0.29, 0.717) is 29.5 Å². The molecule has 0 bridgehead atoms. The molecule has 0 radical (unpaired) electrons. The van der Waals surface area contributed by atoms with Crippen LogP contribution < -0.4 is 0 Å². The quantitative estimate of drug-likeness (QED) is 0.736. The number of H-pyrrole nitrogens is 1. The summed E-state index contributed by atoms with van der Waals surface area (Å²) in [6, 6.07) is 9.49. The molecule has 7 heteroatoms. The van der Waals surface area contributed by atoms with Crippen molar-refractivity contribution in [3.63, 3.8) is 0 Å². The van der Waals surface area contributed by atoms with Crippen molar-refractivity contribution in [1.82, 2.24) is 20.1 Å². The van der Waals surface area contributed by atoms with Crippen LogP contribution in [0.4, 0.5) is 0 Å². The summed E-state index contributed by atoms with van der Waals surface area (Å²) >= 11 is 6.19.